The van der Waals surface area contributed by atoms with Crippen LogP contribution in [0, 0.1) is 5.92 Å². The summed E-state index contributed by atoms with van der Waals surface area (Å²) in [7, 11) is 0. The molecule has 0 saturated heterocycles. The van der Waals surface area contributed by atoms with Crippen molar-refractivity contribution in [3.05, 3.63) is 23.9 Å². The zero-order chi connectivity index (χ0) is 14.5. The zero-order valence-corrected chi connectivity index (χ0v) is 13.4. The maximum Gasteiger partial charge on any atom is 0.133 e. The van der Waals surface area contributed by atoms with E-state index >= 15 is 0 Å². The molecule has 0 spiro atoms. The molecule has 1 aliphatic carbocycles. The van der Waals surface area contributed by atoms with Crippen LogP contribution in [-0.4, -0.2) is 23.6 Å². The third-order valence-corrected chi connectivity index (χ3v) is 3.78. The van der Waals surface area contributed by atoms with Gasteiger partial charge in [0.1, 0.15) is 5.82 Å². The van der Waals surface area contributed by atoms with Gasteiger partial charge in [0.25, 0.3) is 0 Å². The van der Waals surface area contributed by atoms with Crippen molar-refractivity contribution in [1.29, 1.82) is 0 Å². The second-order valence-corrected chi connectivity index (χ2v) is 6.63. The highest BCUT2D eigenvalue weighted by Crippen LogP contribution is 2.32. The highest BCUT2D eigenvalue weighted by atomic mass is 15.2. The molecule has 2 rings (SSSR count). The molecule has 1 saturated carbocycles. The molecule has 1 N–H and O–H groups in total. The number of pyridine rings is 1. The van der Waals surface area contributed by atoms with Gasteiger partial charge in [0, 0.05) is 36.9 Å². The molecule has 1 aromatic rings. The molecule has 0 aromatic carbocycles. The van der Waals surface area contributed by atoms with Crippen LogP contribution in [0.2, 0.25) is 0 Å². The molecule has 3 nitrogen and oxygen atoms in total. The second kappa shape index (κ2) is 7.07. The first kappa shape index (κ1) is 15.3. The normalized spacial score (nSPS) is 15.1. The average Bonchev–Trinajstić information content (AvgIpc) is 3.22. The van der Waals surface area contributed by atoms with Crippen LogP contribution in [0.4, 0.5) is 5.82 Å². The Morgan fingerprint density at radius 1 is 1.30 bits per heavy atom. The summed E-state index contributed by atoms with van der Waals surface area (Å²) in [5, 5.41) is 3.51. The number of aromatic nitrogens is 1. The summed E-state index contributed by atoms with van der Waals surface area (Å²) in [4.78, 5) is 7.22. The van der Waals surface area contributed by atoms with E-state index < -0.39 is 0 Å². The van der Waals surface area contributed by atoms with Crippen molar-refractivity contribution in [3.8, 4) is 0 Å². The molecule has 0 unspecified atom stereocenters. The van der Waals surface area contributed by atoms with E-state index in [0.717, 1.165) is 25.0 Å². The Bertz CT molecular complexity index is 410. The number of nitrogens with one attached hydrogen (secondary N) is 1. The molecule has 0 aliphatic heterocycles. The van der Waals surface area contributed by atoms with Gasteiger partial charge in [0.15, 0.2) is 0 Å². The lowest BCUT2D eigenvalue weighted by Gasteiger charge is -2.27. The summed E-state index contributed by atoms with van der Waals surface area (Å²) in [6, 6.07) is 5.49. The molecular weight excluding hydrogens is 246 g/mol. The molecule has 0 bridgehead atoms. The van der Waals surface area contributed by atoms with Crippen molar-refractivity contribution in [2.75, 3.05) is 11.4 Å². The van der Waals surface area contributed by atoms with Gasteiger partial charge < -0.3 is 10.2 Å². The lowest BCUT2D eigenvalue weighted by Crippen LogP contribution is -2.31. The van der Waals surface area contributed by atoms with Crippen molar-refractivity contribution >= 4 is 5.82 Å². The Balaban J connectivity index is 2.10. The largest absolute Gasteiger partial charge is 0.353 e. The predicted octanol–water partition coefficient (Wildman–Crippen LogP) is 3.59. The first-order valence-corrected chi connectivity index (χ1v) is 8.02. The van der Waals surface area contributed by atoms with Crippen molar-refractivity contribution in [1.82, 2.24) is 10.3 Å². The quantitative estimate of drug-likeness (QED) is 0.786. The Kier molecular flexibility index (Phi) is 5.41. The van der Waals surface area contributed by atoms with Crippen LogP contribution in [0.15, 0.2) is 18.3 Å². The molecule has 112 valence electrons. The third kappa shape index (κ3) is 4.48. The van der Waals surface area contributed by atoms with Gasteiger partial charge in [-0.15, -0.1) is 0 Å². The predicted molar refractivity (Wildman–Crippen MR) is 86.0 cm³/mol. The van der Waals surface area contributed by atoms with E-state index in [-0.39, 0.29) is 0 Å². The summed E-state index contributed by atoms with van der Waals surface area (Å²) in [6.07, 6.45) is 5.82. The van der Waals surface area contributed by atoms with E-state index in [2.05, 4.69) is 49.0 Å². The van der Waals surface area contributed by atoms with Crippen molar-refractivity contribution in [2.24, 2.45) is 5.92 Å². The minimum absolute atomic E-state index is 0.507. The molecule has 0 radical (unpaired) electrons. The van der Waals surface area contributed by atoms with Crippen LogP contribution in [-0.2, 0) is 6.54 Å². The number of nitrogens with zero attached hydrogens (tertiary/aromatic N) is 2. The van der Waals surface area contributed by atoms with Gasteiger partial charge in [-0.3, -0.25) is 0 Å². The fraction of sp³-hybridized carbons (Fsp3) is 0.706. The lowest BCUT2D eigenvalue weighted by molar-refractivity contribution is 0.562. The van der Waals surface area contributed by atoms with Crippen LogP contribution >= 0.6 is 0 Å². The Morgan fingerprint density at radius 3 is 2.65 bits per heavy atom. The van der Waals surface area contributed by atoms with Crippen LogP contribution in [0.5, 0.6) is 0 Å². The Morgan fingerprint density at radius 2 is 2.05 bits per heavy atom. The molecule has 3 heteroatoms. The fourth-order valence-electron chi connectivity index (χ4n) is 2.39. The fourth-order valence-corrected chi connectivity index (χ4v) is 2.39. The maximum absolute atomic E-state index is 4.68. The number of hydrogen-bond donors (Lipinski definition) is 1. The summed E-state index contributed by atoms with van der Waals surface area (Å²) < 4.78 is 0. The van der Waals surface area contributed by atoms with E-state index in [1.807, 2.05) is 12.3 Å². The van der Waals surface area contributed by atoms with Gasteiger partial charge in [-0.2, -0.15) is 0 Å². The molecule has 1 fully saturated rings. The molecule has 1 aliphatic rings. The lowest BCUT2D eigenvalue weighted by atomic mass is 10.1. The topological polar surface area (TPSA) is 28.2 Å². The van der Waals surface area contributed by atoms with Gasteiger partial charge in [-0.25, -0.2) is 4.98 Å². The minimum Gasteiger partial charge on any atom is -0.353 e. The van der Waals surface area contributed by atoms with Gasteiger partial charge >= 0.3 is 0 Å². The van der Waals surface area contributed by atoms with Gasteiger partial charge in [-0.1, -0.05) is 33.8 Å². The summed E-state index contributed by atoms with van der Waals surface area (Å²) in [5.74, 6) is 1.95. The number of rotatable bonds is 8. The molecule has 0 amide bonds. The first-order chi connectivity index (χ1) is 9.58. The van der Waals surface area contributed by atoms with Gasteiger partial charge in [-0.05, 0) is 31.2 Å². The number of anilines is 1. The van der Waals surface area contributed by atoms with Crippen molar-refractivity contribution in [3.63, 3.8) is 0 Å². The summed E-state index contributed by atoms with van der Waals surface area (Å²) >= 11 is 0. The standard InChI is InChI=1S/C17H29N3/c1-13(2)9-11-20(16-7-8-16)17-15(6-5-10-18-17)12-19-14(3)4/h5-6,10,13-14,16,19H,7-9,11-12H2,1-4H3. The summed E-state index contributed by atoms with van der Waals surface area (Å²) in [6.45, 7) is 11.0. The van der Waals surface area contributed by atoms with Crippen LogP contribution < -0.4 is 10.2 Å². The maximum atomic E-state index is 4.68. The van der Waals surface area contributed by atoms with E-state index in [1.54, 1.807) is 0 Å². The molecular formula is C17H29N3. The Labute approximate surface area is 123 Å². The van der Waals surface area contributed by atoms with E-state index in [1.165, 1.54) is 30.6 Å². The zero-order valence-electron chi connectivity index (χ0n) is 13.4. The van der Waals surface area contributed by atoms with Crippen molar-refractivity contribution < 1.29 is 0 Å². The third-order valence-electron chi connectivity index (χ3n) is 3.78. The van der Waals surface area contributed by atoms with Crippen LogP contribution in [0.3, 0.4) is 0 Å². The highest BCUT2D eigenvalue weighted by Gasteiger charge is 2.30. The average molecular weight is 275 g/mol. The molecule has 20 heavy (non-hydrogen) atoms. The molecule has 0 atom stereocenters. The first-order valence-electron chi connectivity index (χ1n) is 8.02. The molecule has 1 aromatic heterocycles. The Hall–Kier alpha value is -1.09. The minimum atomic E-state index is 0.507. The SMILES string of the molecule is CC(C)CCN(c1ncccc1CNC(C)C)C1CC1. The smallest absolute Gasteiger partial charge is 0.133 e. The molecule has 1 heterocycles. The second-order valence-electron chi connectivity index (χ2n) is 6.63. The van der Waals surface area contributed by atoms with E-state index in [0.29, 0.717) is 6.04 Å². The van der Waals surface area contributed by atoms with E-state index in [4.69, 9.17) is 0 Å². The number of hydrogen-bond acceptors (Lipinski definition) is 3. The summed E-state index contributed by atoms with van der Waals surface area (Å²) in [5.41, 5.74) is 1.33. The van der Waals surface area contributed by atoms with E-state index in [9.17, 15) is 0 Å². The van der Waals surface area contributed by atoms with Crippen LogP contribution in [0.25, 0.3) is 0 Å². The highest BCUT2D eigenvalue weighted by molar-refractivity contribution is 5.48. The van der Waals surface area contributed by atoms with Crippen LogP contribution in [0.1, 0.15) is 52.5 Å². The van der Waals surface area contributed by atoms with Crippen molar-refractivity contribution in [2.45, 2.75) is 65.6 Å². The van der Waals surface area contributed by atoms with Gasteiger partial charge in [0.2, 0.25) is 0 Å². The van der Waals surface area contributed by atoms with Gasteiger partial charge in [0.05, 0.1) is 0 Å². The monoisotopic (exact) mass is 275 g/mol.